The molecule has 1 aliphatic rings. The van der Waals surface area contributed by atoms with E-state index >= 15 is 0 Å². The van der Waals surface area contributed by atoms with Crippen molar-refractivity contribution in [1.82, 2.24) is 10.4 Å². The summed E-state index contributed by atoms with van der Waals surface area (Å²) in [4.78, 5) is 40.7. The Morgan fingerprint density at radius 3 is 2.20 bits per heavy atom. The molecule has 3 amide bonds. The lowest BCUT2D eigenvalue weighted by molar-refractivity contribution is -0.105. The molecule has 1 aromatic rings. The van der Waals surface area contributed by atoms with E-state index in [2.05, 4.69) is 5.32 Å². The molecule has 136 valence electrons. The highest BCUT2D eigenvalue weighted by atomic mass is 16.7. The van der Waals surface area contributed by atoms with Crippen molar-refractivity contribution in [3.05, 3.63) is 35.4 Å². The van der Waals surface area contributed by atoms with E-state index in [-0.39, 0.29) is 26.4 Å². The molecule has 25 heavy (non-hydrogen) atoms. The van der Waals surface area contributed by atoms with Gasteiger partial charge in [0.15, 0.2) is 0 Å². The van der Waals surface area contributed by atoms with Gasteiger partial charge in [0.1, 0.15) is 5.60 Å². The van der Waals surface area contributed by atoms with E-state index in [0.717, 1.165) is 5.06 Å². The van der Waals surface area contributed by atoms with Gasteiger partial charge in [-0.1, -0.05) is 12.1 Å². The number of carbonyl (C=O) groups excluding carboxylic acids is 3. The number of benzene rings is 1. The molecule has 0 unspecified atom stereocenters. The standard InChI is InChI=1S/C17H22N2O6/c1-17(2,3)25-16(22)18-8-9-23-10-11-24-19-14(20)12-6-4-5-7-13(12)15(19)21/h4-7H,8-11H2,1-3H3,(H,18,22). The van der Waals surface area contributed by atoms with Gasteiger partial charge in [0.25, 0.3) is 11.8 Å². The molecule has 1 aromatic carbocycles. The molecule has 0 fully saturated rings. The van der Waals surface area contributed by atoms with E-state index < -0.39 is 23.5 Å². The Bertz CT molecular complexity index is 618. The van der Waals surface area contributed by atoms with Crippen molar-refractivity contribution >= 4 is 17.9 Å². The average Bonchev–Trinajstić information content (AvgIpc) is 2.77. The molecule has 0 spiro atoms. The fraction of sp³-hybridized carbons (Fsp3) is 0.471. The third-order valence-corrected chi connectivity index (χ3v) is 3.12. The Morgan fingerprint density at radius 2 is 1.64 bits per heavy atom. The van der Waals surface area contributed by atoms with E-state index in [9.17, 15) is 14.4 Å². The number of nitrogens with zero attached hydrogens (tertiary/aromatic N) is 1. The summed E-state index contributed by atoms with van der Waals surface area (Å²) >= 11 is 0. The van der Waals surface area contributed by atoms with Gasteiger partial charge in [0, 0.05) is 6.54 Å². The molecule has 1 heterocycles. The Hall–Kier alpha value is -2.45. The molecule has 0 saturated carbocycles. The summed E-state index contributed by atoms with van der Waals surface area (Å²) in [5, 5.41) is 3.29. The summed E-state index contributed by atoms with van der Waals surface area (Å²) in [5.74, 6) is -0.959. The summed E-state index contributed by atoms with van der Waals surface area (Å²) in [7, 11) is 0. The second kappa shape index (κ2) is 8.09. The van der Waals surface area contributed by atoms with E-state index in [1.165, 1.54) is 0 Å². The smallest absolute Gasteiger partial charge is 0.407 e. The maximum absolute atomic E-state index is 12.0. The van der Waals surface area contributed by atoms with Crippen molar-refractivity contribution < 1.29 is 28.7 Å². The topological polar surface area (TPSA) is 94.2 Å². The molecule has 1 aliphatic heterocycles. The first-order valence-electron chi connectivity index (χ1n) is 7.95. The summed E-state index contributed by atoms with van der Waals surface area (Å²) in [6, 6.07) is 6.54. The maximum Gasteiger partial charge on any atom is 0.407 e. The molecule has 0 saturated heterocycles. The van der Waals surface area contributed by atoms with Crippen LogP contribution in [0.5, 0.6) is 0 Å². The summed E-state index contributed by atoms with van der Waals surface area (Å²) < 4.78 is 10.4. The number of hydroxylamine groups is 2. The van der Waals surface area contributed by atoms with Gasteiger partial charge in [-0.2, -0.15) is 0 Å². The zero-order chi connectivity index (χ0) is 18.4. The van der Waals surface area contributed by atoms with Gasteiger partial charge in [0.05, 0.1) is 30.9 Å². The third-order valence-electron chi connectivity index (χ3n) is 3.12. The number of hydrogen-bond donors (Lipinski definition) is 1. The highest BCUT2D eigenvalue weighted by molar-refractivity contribution is 6.20. The molecule has 0 aromatic heterocycles. The Labute approximate surface area is 146 Å². The van der Waals surface area contributed by atoms with E-state index in [1.807, 2.05) is 0 Å². The maximum atomic E-state index is 12.0. The van der Waals surface area contributed by atoms with Crippen molar-refractivity contribution in [2.75, 3.05) is 26.4 Å². The minimum atomic E-state index is -0.550. The zero-order valence-corrected chi connectivity index (χ0v) is 14.5. The Balaban J connectivity index is 1.61. The normalized spacial score (nSPS) is 13.8. The number of amides is 3. The minimum Gasteiger partial charge on any atom is -0.444 e. The molecular weight excluding hydrogens is 328 g/mol. The van der Waals surface area contributed by atoms with Crippen LogP contribution in [0.25, 0.3) is 0 Å². The molecule has 0 aliphatic carbocycles. The van der Waals surface area contributed by atoms with Gasteiger partial charge in [-0.3, -0.25) is 14.4 Å². The highest BCUT2D eigenvalue weighted by Crippen LogP contribution is 2.22. The van der Waals surface area contributed by atoms with Gasteiger partial charge in [-0.25, -0.2) is 4.79 Å². The quantitative estimate of drug-likeness (QED) is 0.595. The van der Waals surface area contributed by atoms with Crippen LogP contribution in [-0.2, 0) is 14.3 Å². The van der Waals surface area contributed by atoms with E-state index in [0.29, 0.717) is 11.1 Å². The number of nitrogens with one attached hydrogen (secondary N) is 1. The third kappa shape index (κ3) is 5.27. The van der Waals surface area contributed by atoms with Crippen LogP contribution in [0.15, 0.2) is 24.3 Å². The van der Waals surface area contributed by atoms with Gasteiger partial charge < -0.3 is 14.8 Å². The molecule has 2 rings (SSSR count). The van der Waals surface area contributed by atoms with Crippen LogP contribution < -0.4 is 5.32 Å². The van der Waals surface area contributed by atoms with Crippen LogP contribution in [0.3, 0.4) is 0 Å². The Kier molecular flexibility index (Phi) is 6.11. The summed E-state index contributed by atoms with van der Waals surface area (Å²) in [6.45, 7) is 6.08. The van der Waals surface area contributed by atoms with Gasteiger partial charge in [-0.05, 0) is 32.9 Å². The largest absolute Gasteiger partial charge is 0.444 e. The molecule has 0 radical (unpaired) electrons. The molecule has 8 heteroatoms. The van der Waals surface area contributed by atoms with Crippen molar-refractivity contribution in [3.8, 4) is 0 Å². The predicted molar refractivity (Wildman–Crippen MR) is 87.9 cm³/mol. The summed E-state index contributed by atoms with van der Waals surface area (Å²) in [6.07, 6.45) is -0.515. The van der Waals surface area contributed by atoms with Crippen molar-refractivity contribution in [3.63, 3.8) is 0 Å². The van der Waals surface area contributed by atoms with Crippen LogP contribution in [0.2, 0.25) is 0 Å². The SMILES string of the molecule is CC(C)(C)OC(=O)NCCOCCON1C(=O)c2ccccc2C1=O. The highest BCUT2D eigenvalue weighted by Gasteiger charge is 2.36. The molecule has 8 nitrogen and oxygen atoms in total. The molecular formula is C17H22N2O6. The lowest BCUT2D eigenvalue weighted by Crippen LogP contribution is -2.34. The monoisotopic (exact) mass is 350 g/mol. The number of hydrogen-bond acceptors (Lipinski definition) is 6. The van der Waals surface area contributed by atoms with Crippen LogP contribution in [0, 0.1) is 0 Å². The zero-order valence-electron chi connectivity index (χ0n) is 14.5. The predicted octanol–water partition coefficient (Wildman–Crippen LogP) is 1.76. The number of ether oxygens (including phenoxy) is 2. The van der Waals surface area contributed by atoms with Gasteiger partial charge in [-0.15, -0.1) is 5.06 Å². The second-order valence-corrected chi connectivity index (χ2v) is 6.32. The van der Waals surface area contributed by atoms with Crippen LogP contribution >= 0.6 is 0 Å². The van der Waals surface area contributed by atoms with Crippen LogP contribution in [-0.4, -0.2) is 54.9 Å². The molecule has 0 atom stereocenters. The lowest BCUT2D eigenvalue weighted by Gasteiger charge is -2.19. The first kappa shape index (κ1) is 18.9. The Morgan fingerprint density at radius 1 is 1.04 bits per heavy atom. The fourth-order valence-electron chi connectivity index (χ4n) is 2.11. The molecule has 1 N–H and O–H groups in total. The number of imide groups is 1. The first-order valence-corrected chi connectivity index (χ1v) is 7.95. The number of carbonyl (C=O) groups is 3. The van der Waals surface area contributed by atoms with Crippen molar-refractivity contribution in [2.45, 2.75) is 26.4 Å². The van der Waals surface area contributed by atoms with E-state index in [4.69, 9.17) is 14.3 Å². The summed E-state index contributed by atoms with van der Waals surface area (Å²) in [5.41, 5.74) is 0.107. The number of fused-ring (bicyclic) bond motifs is 1. The average molecular weight is 350 g/mol. The van der Waals surface area contributed by atoms with E-state index in [1.54, 1.807) is 45.0 Å². The lowest BCUT2D eigenvalue weighted by atomic mass is 10.1. The fourth-order valence-corrected chi connectivity index (χ4v) is 2.11. The van der Waals surface area contributed by atoms with Crippen LogP contribution in [0.1, 0.15) is 41.5 Å². The first-order chi connectivity index (χ1) is 11.8. The molecule has 0 bridgehead atoms. The van der Waals surface area contributed by atoms with Gasteiger partial charge in [0.2, 0.25) is 0 Å². The van der Waals surface area contributed by atoms with Gasteiger partial charge >= 0.3 is 6.09 Å². The minimum absolute atomic E-state index is 0.0396. The number of alkyl carbamates (subject to hydrolysis) is 1. The van der Waals surface area contributed by atoms with Crippen LogP contribution in [0.4, 0.5) is 4.79 Å². The van der Waals surface area contributed by atoms with Crippen molar-refractivity contribution in [2.24, 2.45) is 0 Å². The number of rotatable bonds is 7. The van der Waals surface area contributed by atoms with Crippen molar-refractivity contribution in [1.29, 1.82) is 0 Å². The second-order valence-electron chi connectivity index (χ2n) is 6.32.